The first-order valence-corrected chi connectivity index (χ1v) is 4.18. The summed E-state index contributed by atoms with van der Waals surface area (Å²) >= 11 is 0. The van der Waals surface area contributed by atoms with Crippen LogP contribution in [0.15, 0.2) is 24.4 Å². The number of aromatic nitrogens is 1. The van der Waals surface area contributed by atoms with Gasteiger partial charge in [0.05, 0.1) is 0 Å². The van der Waals surface area contributed by atoms with Crippen molar-refractivity contribution < 1.29 is 4.79 Å². The maximum Gasteiger partial charge on any atom is 0.226 e. The molecule has 0 aromatic carbocycles. The van der Waals surface area contributed by atoms with E-state index < -0.39 is 0 Å². The van der Waals surface area contributed by atoms with Crippen LogP contribution in [0.3, 0.4) is 0 Å². The standard InChI is InChI=1S/C9H13N3O/c1-10-7-5-9(13)12-8-4-2-3-6-11-8/h2-4,6,10H,5,7H2,1H3,(H,11,12,13). The van der Waals surface area contributed by atoms with Crippen molar-refractivity contribution in [2.75, 3.05) is 18.9 Å². The van der Waals surface area contributed by atoms with Gasteiger partial charge in [-0.25, -0.2) is 4.98 Å². The minimum absolute atomic E-state index is 0.0203. The van der Waals surface area contributed by atoms with Gasteiger partial charge in [0.25, 0.3) is 0 Å². The molecule has 1 aromatic heterocycles. The number of anilines is 1. The second kappa shape index (κ2) is 5.27. The van der Waals surface area contributed by atoms with Crippen LogP contribution in [0, 0.1) is 0 Å². The first-order chi connectivity index (χ1) is 6.33. The second-order valence-corrected chi connectivity index (χ2v) is 2.62. The molecule has 0 unspecified atom stereocenters. The highest BCUT2D eigenvalue weighted by Crippen LogP contribution is 1.99. The first-order valence-electron chi connectivity index (χ1n) is 4.18. The van der Waals surface area contributed by atoms with Gasteiger partial charge in [-0.15, -0.1) is 0 Å². The topological polar surface area (TPSA) is 54.0 Å². The summed E-state index contributed by atoms with van der Waals surface area (Å²) in [5.41, 5.74) is 0. The fourth-order valence-corrected chi connectivity index (χ4v) is 0.881. The Morgan fingerprint density at radius 1 is 1.54 bits per heavy atom. The van der Waals surface area contributed by atoms with Crippen LogP contribution in [0.2, 0.25) is 0 Å². The largest absolute Gasteiger partial charge is 0.319 e. The Morgan fingerprint density at radius 3 is 3.00 bits per heavy atom. The molecule has 1 amide bonds. The first kappa shape index (κ1) is 9.67. The molecule has 0 bridgehead atoms. The monoisotopic (exact) mass is 179 g/mol. The number of nitrogens with zero attached hydrogens (tertiary/aromatic N) is 1. The normalized spacial score (nSPS) is 9.62. The lowest BCUT2D eigenvalue weighted by Gasteiger charge is -2.02. The molecular formula is C9H13N3O. The third kappa shape index (κ3) is 3.66. The van der Waals surface area contributed by atoms with Crippen LogP contribution >= 0.6 is 0 Å². The van der Waals surface area contributed by atoms with E-state index in [1.165, 1.54) is 0 Å². The quantitative estimate of drug-likeness (QED) is 0.712. The van der Waals surface area contributed by atoms with Crippen LogP contribution in [-0.2, 0) is 4.79 Å². The van der Waals surface area contributed by atoms with Crippen LogP contribution in [-0.4, -0.2) is 24.5 Å². The van der Waals surface area contributed by atoms with Crippen molar-refractivity contribution in [1.29, 1.82) is 0 Å². The fourth-order valence-electron chi connectivity index (χ4n) is 0.881. The molecule has 1 rings (SSSR count). The van der Waals surface area contributed by atoms with E-state index in [4.69, 9.17) is 0 Å². The summed E-state index contributed by atoms with van der Waals surface area (Å²) < 4.78 is 0. The average Bonchev–Trinajstić information content (AvgIpc) is 2.16. The van der Waals surface area contributed by atoms with Gasteiger partial charge in [0.15, 0.2) is 0 Å². The Balaban J connectivity index is 2.37. The van der Waals surface area contributed by atoms with Gasteiger partial charge < -0.3 is 10.6 Å². The van der Waals surface area contributed by atoms with Crippen molar-refractivity contribution >= 4 is 11.7 Å². The number of carbonyl (C=O) groups excluding carboxylic acids is 1. The summed E-state index contributed by atoms with van der Waals surface area (Å²) in [4.78, 5) is 15.2. The molecule has 4 nitrogen and oxygen atoms in total. The highest BCUT2D eigenvalue weighted by atomic mass is 16.1. The van der Waals surface area contributed by atoms with E-state index in [9.17, 15) is 4.79 Å². The molecule has 0 saturated carbocycles. The molecule has 0 spiro atoms. The SMILES string of the molecule is CNCCC(=O)Nc1ccccn1. The van der Waals surface area contributed by atoms with Gasteiger partial charge >= 0.3 is 0 Å². The van der Waals surface area contributed by atoms with Gasteiger partial charge in [-0.2, -0.15) is 0 Å². The van der Waals surface area contributed by atoms with Crippen LogP contribution < -0.4 is 10.6 Å². The molecule has 0 radical (unpaired) electrons. The molecule has 0 aliphatic carbocycles. The number of carbonyl (C=O) groups is 1. The van der Waals surface area contributed by atoms with Crippen LogP contribution in [0.1, 0.15) is 6.42 Å². The maximum atomic E-state index is 11.2. The Morgan fingerprint density at radius 2 is 2.38 bits per heavy atom. The highest BCUT2D eigenvalue weighted by Gasteiger charge is 2.00. The summed E-state index contributed by atoms with van der Waals surface area (Å²) in [6.45, 7) is 0.679. The van der Waals surface area contributed by atoms with Crippen LogP contribution in [0.4, 0.5) is 5.82 Å². The number of hydrogen-bond acceptors (Lipinski definition) is 3. The van der Waals surface area contributed by atoms with E-state index in [2.05, 4.69) is 15.6 Å². The zero-order chi connectivity index (χ0) is 9.52. The minimum Gasteiger partial charge on any atom is -0.319 e. The van der Waals surface area contributed by atoms with Gasteiger partial charge in [0.1, 0.15) is 5.82 Å². The smallest absolute Gasteiger partial charge is 0.226 e. The molecule has 0 aliphatic rings. The summed E-state index contributed by atoms with van der Waals surface area (Å²) in [6.07, 6.45) is 2.11. The summed E-state index contributed by atoms with van der Waals surface area (Å²) in [6, 6.07) is 5.40. The summed E-state index contributed by atoms with van der Waals surface area (Å²) in [5.74, 6) is 0.580. The zero-order valence-electron chi connectivity index (χ0n) is 7.58. The van der Waals surface area contributed by atoms with Gasteiger partial charge in [-0.1, -0.05) is 6.07 Å². The molecule has 70 valence electrons. The second-order valence-electron chi connectivity index (χ2n) is 2.62. The fraction of sp³-hybridized carbons (Fsp3) is 0.333. The van der Waals surface area contributed by atoms with E-state index >= 15 is 0 Å². The van der Waals surface area contributed by atoms with Crippen molar-refractivity contribution in [2.45, 2.75) is 6.42 Å². The highest BCUT2D eigenvalue weighted by molar-refractivity contribution is 5.89. The molecule has 1 heterocycles. The van der Waals surface area contributed by atoms with Crippen molar-refractivity contribution in [3.05, 3.63) is 24.4 Å². The molecular weight excluding hydrogens is 166 g/mol. The third-order valence-corrected chi connectivity index (χ3v) is 1.53. The number of hydrogen-bond donors (Lipinski definition) is 2. The third-order valence-electron chi connectivity index (χ3n) is 1.53. The Hall–Kier alpha value is -1.42. The predicted octanol–water partition coefficient (Wildman–Crippen LogP) is 0.630. The van der Waals surface area contributed by atoms with Crippen LogP contribution in [0.5, 0.6) is 0 Å². The number of rotatable bonds is 4. The number of amides is 1. The summed E-state index contributed by atoms with van der Waals surface area (Å²) in [7, 11) is 1.81. The zero-order valence-corrected chi connectivity index (χ0v) is 7.58. The maximum absolute atomic E-state index is 11.2. The van der Waals surface area contributed by atoms with E-state index in [0.29, 0.717) is 18.8 Å². The van der Waals surface area contributed by atoms with E-state index in [1.807, 2.05) is 19.2 Å². The molecule has 0 saturated heterocycles. The lowest BCUT2D eigenvalue weighted by atomic mass is 10.4. The molecule has 2 N–H and O–H groups in total. The average molecular weight is 179 g/mol. The molecule has 0 fully saturated rings. The number of pyridine rings is 1. The van der Waals surface area contributed by atoms with Crippen molar-refractivity contribution in [1.82, 2.24) is 10.3 Å². The molecule has 0 atom stereocenters. The molecule has 13 heavy (non-hydrogen) atoms. The minimum atomic E-state index is -0.0203. The van der Waals surface area contributed by atoms with Gasteiger partial charge in [0.2, 0.25) is 5.91 Å². The van der Waals surface area contributed by atoms with E-state index in [1.54, 1.807) is 12.3 Å². The van der Waals surface area contributed by atoms with Crippen LogP contribution in [0.25, 0.3) is 0 Å². The van der Waals surface area contributed by atoms with Gasteiger partial charge in [-0.3, -0.25) is 4.79 Å². The van der Waals surface area contributed by atoms with Crippen molar-refractivity contribution in [3.8, 4) is 0 Å². The van der Waals surface area contributed by atoms with Gasteiger partial charge in [0, 0.05) is 19.2 Å². The summed E-state index contributed by atoms with van der Waals surface area (Å²) in [5, 5.41) is 5.59. The lowest BCUT2D eigenvalue weighted by Crippen LogP contribution is -2.19. The molecule has 4 heteroatoms. The Bertz CT molecular complexity index is 261. The van der Waals surface area contributed by atoms with E-state index in [0.717, 1.165) is 0 Å². The van der Waals surface area contributed by atoms with E-state index in [-0.39, 0.29) is 5.91 Å². The number of nitrogens with one attached hydrogen (secondary N) is 2. The Kier molecular flexibility index (Phi) is 3.92. The van der Waals surface area contributed by atoms with Crippen molar-refractivity contribution in [2.24, 2.45) is 0 Å². The Labute approximate surface area is 77.4 Å². The molecule has 1 aromatic rings. The van der Waals surface area contributed by atoms with Gasteiger partial charge in [-0.05, 0) is 19.2 Å². The lowest BCUT2D eigenvalue weighted by molar-refractivity contribution is -0.116. The predicted molar refractivity (Wildman–Crippen MR) is 51.4 cm³/mol. The molecule has 0 aliphatic heterocycles. The van der Waals surface area contributed by atoms with Crippen molar-refractivity contribution in [3.63, 3.8) is 0 Å².